The van der Waals surface area contributed by atoms with Crippen molar-refractivity contribution in [3.63, 3.8) is 0 Å². The van der Waals surface area contributed by atoms with E-state index in [0.717, 1.165) is 4.48 Å². The molecule has 0 saturated carbocycles. The fourth-order valence-corrected chi connectivity index (χ4v) is 3.41. The Labute approximate surface area is 185 Å². The van der Waals surface area contributed by atoms with Gasteiger partial charge in [0.1, 0.15) is 10.5 Å². The second-order valence-electron chi connectivity index (χ2n) is 6.85. The van der Waals surface area contributed by atoms with Crippen LogP contribution in [0.4, 0.5) is 10.1 Å². The first-order valence-electron chi connectivity index (χ1n) is 9.10. The Morgan fingerprint density at radius 2 is 2.33 bits per heavy atom. The molecule has 0 bridgehead atoms. The number of anilines is 1. The number of amides is 1. The number of hydrogen-bond donors (Lipinski definition) is 4. The van der Waals surface area contributed by atoms with Crippen molar-refractivity contribution in [2.45, 2.75) is 23.9 Å². The predicted molar refractivity (Wildman–Crippen MR) is 115 cm³/mol. The normalized spacial score (nSPS) is 19.6. The largest absolute Gasteiger partial charge is 0.394 e. The Bertz CT molecular complexity index is 1010. The first kappa shape index (κ1) is 22.7. The summed E-state index contributed by atoms with van der Waals surface area (Å²) in [5, 5.41) is 21.1. The molecule has 2 unspecified atom stereocenters. The summed E-state index contributed by atoms with van der Waals surface area (Å²) in [4.78, 5) is 20.7. The highest BCUT2D eigenvalue weighted by Crippen LogP contribution is 2.35. The maximum Gasteiger partial charge on any atom is 0.277 e. The van der Waals surface area contributed by atoms with Crippen LogP contribution in [0.3, 0.4) is 0 Å². The number of fused-ring (bicyclic) bond motifs is 1. The molecule has 1 aliphatic rings. The number of aliphatic hydroxyl groups excluding tert-OH is 2. The molecule has 11 heteroatoms. The topological polar surface area (TPSA) is 109 Å². The Hall–Kier alpha value is -1.98. The lowest BCUT2D eigenvalue weighted by Gasteiger charge is -2.28. The zero-order valence-electron chi connectivity index (χ0n) is 16.0. The summed E-state index contributed by atoms with van der Waals surface area (Å²) in [5.74, 6) is -1.41. The molecule has 0 aliphatic heterocycles. The minimum Gasteiger partial charge on any atom is -0.394 e. The lowest BCUT2D eigenvalue weighted by molar-refractivity contribution is 0.00705. The van der Waals surface area contributed by atoms with Crippen molar-refractivity contribution in [3.8, 4) is 0 Å². The molecule has 0 radical (unpaired) electrons. The summed E-state index contributed by atoms with van der Waals surface area (Å²) in [5.41, 5.74) is 2.62. The minimum atomic E-state index is -1.14. The molecule has 8 nitrogen and oxygen atoms in total. The van der Waals surface area contributed by atoms with Crippen LogP contribution in [0.5, 0.6) is 0 Å². The second kappa shape index (κ2) is 9.44. The third-order valence-electron chi connectivity index (χ3n) is 4.57. The number of rotatable bonds is 8. The number of hydroxylamine groups is 1. The van der Waals surface area contributed by atoms with Gasteiger partial charge in [-0.05, 0) is 18.2 Å². The van der Waals surface area contributed by atoms with Crippen molar-refractivity contribution in [3.05, 3.63) is 46.5 Å². The summed E-state index contributed by atoms with van der Waals surface area (Å²) in [6.45, 7) is -0.447. The zero-order chi connectivity index (χ0) is 21.9. The van der Waals surface area contributed by atoms with Gasteiger partial charge in [0.05, 0.1) is 42.4 Å². The quantitative estimate of drug-likeness (QED) is 0.191. The molecule has 2 aromatic rings. The van der Waals surface area contributed by atoms with Crippen LogP contribution in [0.15, 0.2) is 35.1 Å². The number of carbonyl (C=O) groups is 1. The van der Waals surface area contributed by atoms with Gasteiger partial charge in [0, 0.05) is 24.4 Å². The van der Waals surface area contributed by atoms with E-state index in [9.17, 15) is 9.90 Å². The van der Waals surface area contributed by atoms with Crippen molar-refractivity contribution in [2.75, 3.05) is 18.5 Å². The van der Waals surface area contributed by atoms with Crippen LogP contribution in [0, 0.1) is 5.82 Å². The zero-order valence-corrected chi connectivity index (χ0v) is 18.4. The van der Waals surface area contributed by atoms with Crippen molar-refractivity contribution >= 4 is 50.2 Å². The van der Waals surface area contributed by atoms with Gasteiger partial charge in [-0.25, -0.2) is 14.9 Å². The van der Waals surface area contributed by atoms with Gasteiger partial charge in [0.2, 0.25) is 0 Å². The lowest BCUT2D eigenvalue weighted by Crippen LogP contribution is -2.33. The van der Waals surface area contributed by atoms with Crippen LogP contribution < -0.4 is 10.8 Å². The molecule has 1 aromatic carbocycles. The first-order chi connectivity index (χ1) is 14.2. The Morgan fingerprint density at radius 1 is 1.57 bits per heavy atom. The minimum absolute atomic E-state index is 0.0200. The summed E-state index contributed by atoms with van der Waals surface area (Å²) in [7, 11) is 1.69. The summed E-state index contributed by atoms with van der Waals surface area (Å²) in [6.07, 6.45) is 6.18. The highest BCUT2D eigenvalue weighted by Gasteiger charge is 2.30. The average Bonchev–Trinajstić information content (AvgIpc) is 3.10. The van der Waals surface area contributed by atoms with Crippen LogP contribution >= 0.6 is 27.5 Å². The number of allylic oxidation sites excluding steroid dienone is 2. The van der Waals surface area contributed by atoms with Gasteiger partial charge in [-0.2, -0.15) is 0 Å². The molecule has 0 fully saturated rings. The molecular formula is C19H21BrClFN4O4. The average molecular weight is 504 g/mol. The summed E-state index contributed by atoms with van der Waals surface area (Å²) < 4.78 is 17.8. The van der Waals surface area contributed by atoms with Gasteiger partial charge in [-0.3, -0.25) is 9.63 Å². The second-order valence-corrected chi connectivity index (χ2v) is 8.45. The van der Waals surface area contributed by atoms with E-state index in [-0.39, 0.29) is 29.8 Å². The number of alkyl halides is 1. The highest BCUT2D eigenvalue weighted by molar-refractivity contribution is 9.11. The van der Waals surface area contributed by atoms with Crippen molar-refractivity contribution in [1.82, 2.24) is 15.0 Å². The Kier molecular flexibility index (Phi) is 7.14. The summed E-state index contributed by atoms with van der Waals surface area (Å²) in [6, 6.07) is 1.49. The molecule has 4 N–H and O–H groups in total. The molecular weight excluding hydrogens is 483 g/mol. The van der Waals surface area contributed by atoms with E-state index >= 15 is 4.39 Å². The number of aryl methyl sites for hydroxylation is 1. The SMILES string of the molecule is Cn1cnc2c(F)c(NC3(Cl)C=CC(Br)=CC3)c(C(=O)NOCCC(O)CO)cc21. The predicted octanol–water partition coefficient (Wildman–Crippen LogP) is 2.70. The molecule has 1 aliphatic carbocycles. The first-order valence-corrected chi connectivity index (χ1v) is 10.3. The fraction of sp³-hybridized carbons (Fsp3) is 0.368. The Balaban J connectivity index is 1.89. The molecule has 2 atom stereocenters. The number of benzene rings is 1. The van der Waals surface area contributed by atoms with E-state index in [2.05, 4.69) is 31.7 Å². The van der Waals surface area contributed by atoms with E-state index < -0.39 is 29.4 Å². The number of halogens is 3. The Morgan fingerprint density at radius 3 is 3.00 bits per heavy atom. The molecule has 1 heterocycles. The summed E-state index contributed by atoms with van der Waals surface area (Å²) >= 11 is 9.94. The number of nitrogens with zero attached hydrogens (tertiary/aromatic N) is 2. The molecule has 1 aromatic heterocycles. The molecule has 0 spiro atoms. The monoisotopic (exact) mass is 502 g/mol. The van der Waals surface area contributed by atoms with E-state index in [1.807, 2.05) is 6.08 Å². The van der Waals surface area contributed by atoms with E-state index in [4.69, 9.17) is 21.5 Å². The number of hydrogen-bond acceptors (Lipinski definition) is 6. The van der Waals surface area contributed by atoms with Crippen molar-refractivity contribution in [1.29, 1.82) is 0 Å². The van der Waals surface area contributed by atoms with Crippen molar-refractivity contribution < 1.29 is 24.2 Å². The smallest absolute Gasteiger partial charge is 0.277 e. The number of carbonyl (C=O) groups excluding carboxylic acids is 1. The fourth-order valence-electron chi connectivity index (χ4n) is 2.88. The van der Waals surface area contributed by atoms with Gasteiger partial charge < -0.3 is 20.1 Å². The van der Waals surface area contributed by atoms with E-state index in [1.165, 1.54) is 12.4 Å². The number of aliphatic hydroxyl groups is 2. The molecule has 3 rings (SSSR count). The van der Waals surface area contributed by atoms with Gasteiger partial charge in [0.15, 0.2) is 5.82 Å². The molecule has 1 amide bonds. The van der Waals surface area contributed by atoms with Gasteiger partial charge in [-0.1, -0.05) is 33.6 Å². The van der Waals surface area contributed by atoms with Crippen molar-refractivity contribution in [2.24, 2.45) is 7.05 Å². The van der Waals surface area contributed by atoms with Gasteiger partial charge in [0.25, 0.3) is 5.91 Å². The van der Waals surface area contributed by atoms with Crippen LogP contribution in [0.2, 0.25) is 0 Å². The van der Waals surface area contributed by atoms with Crippen LogP contribution in [0.1, 0.15) is 23.2 Å². The van der Waals surface area contributed by atoms with Gasteiger partial charge >= 0.3 is 0 Å². The van der Waals surface area contributed by atoms with Crippen LogP contribution in [0.25, 0.3) is 11.0 Å². The maximum atomic E-state index is 15.3. The standard InChI is InChI=1S/C19H21BrClFN4O4/c1-26-10-23-17-14(26)8-13(18(29)25-30-7-4-12(28)9-27)16(15(17)22)24-19(21)5-2-11(20)3-6-19/h2-3,5,8,10,12,24,27-28H,4,6-7,9H2,1H3,(H,25,29). The number of aromatic nitrogens is 2. The third kappa shape index (κ3) is 5.01. The van der Waals surface area contributed by atoms with Crippen LogP contribution in [-0.4, -0.2) is 50.0 Å². The molecule has 162 valence electrons. The number of imidazole rings is 1. The third-order valence-corrected chi connectivity index (χ3v) is 5.53. The van der Waals surface area contributed by atoms with Gasteiger partial charge in [-0.15, -0.1) is 0 Å². The molecule has 30 heavy (non-hydrogen) atoms. The van der Waals surface area contributed by atoms with E-state index in [1.54, 1.807) is 23.8 Å². The maximum absolute atomic E-state index is 15.3. The van der Waals surface area contributed by atoms with Crippen LogP contribution in [-0.2, 0) is 11.9 Å². The molecule has 0 saturated heterocycles. The van der Waals surface area contributed by atoms with E-state index in [0.29, 0.717) is 11.9 Å². The lowest BCUT2D eigenvalue weighted by atomic mass is 10.0. The highest BCUT2D eigenvalue weighted by atomic mass is 79.9. The number of nitrogens with one attached hydrogen (secondary N) is 2.